The molecule has 0 aromatic carbocycles. The average Bonchev–Trinajstić information content (AvgIpc) is 2.45. The van der Waals surface area contributed by atoms with E-state index in [9.17, 15) is 14.7 Å². The van der Waals surface area contributed by atoms with Crippen LogP contribution in [0.5, 0.6) is 0 Å². The predicted octanol–water partition coefficient (Wildman–Crippen LogP) is 2.03. The first-order chi connectivity index (χ1) is 11.0. The summed E-state index contributed by atoms with van der Waals surface area (Å²) in [6, 6.07) is 1.65. The molecule has 1 aromatic rings. The molecule has 0 saturated carbocycles. The number of piperazine rings is 1. The Kier molecular flexibility index (Phi) is 4.89. The van der Waals surface area contributed by atoms with E-state index in [1.165, 1.54) is 18.0 Å². The number of carboxylic acid groups (broad SMARTS) is 1. The van der Waals surface area contributed by atoms with Gasteiger partial charge in [-0.05, 0) is 45.4 Å². The molecule has 1 aliphatic heterocycles. The van der Waals surface area contributed by atoms with Gasteiger partial charge in [-0.25, -0.2) is 19.6 Å². The number of amides is 1. The van der Waals surface area contributed by atoms with Gasteiger partial charge in [0.2, 0.25) is 5.28 Å². The maximum Gasteiger partial charge on any atom is 0.411 e. The SMILES string of the molecule is CC(C)(C)OC(=O)N1CCN(c2ccnc(Cl)n2)CC1(C)C(=O)O. The number of nitrogens with zero attached hydrogens (tertiary/aromatic N) is 4. The van der Waals surface area contributed by atoms with Crippen molar-refractivity contribution >= 4 is 29.5 Å². The lowest BCUT2D eigenvalue weighted by Crippen LogP contribution is -2.67. The number of rotatable bonds is 2. The Balaban J connectivity index is 2.26. The maximum atomic E-state index is 12.4. The topological polar surface area (TPSA) is 95.9 Å². The van der Waals surface area contributed by atoms with E-state index in [-0.39, 0.29) is 18.4 Å². The molecular weight excluding hydrogens is 336 g/mol. The predicted molar refractivity (Wildman–Crippen MR) is 88.2 cm³/mol. The molecule has 1 aliphatic rings. The molecule has 1 amide bonds. The molecule has 1 fully saturated rings. The Bertz CT molecular complexity index is 649. The van der Waals surface area contributed by atoms with Crippen LogP contribution in [0.4, 0.5) is 10.6 Å². The minimum Gasteiger partial charge on any atom is -0.479 e. The van der Waals surface area contributed by atoms with Crippen molar-refractivity contribution in [1.29, 1.82) is 0 Å². The lowest BCUT2D eigenvalue weighted by Gasteiger charge is -2.46. The Labute approximate surface area is 145 Å². The summed E-state index contributed by atoms with van der Waals surface area (Å²) in [5.41, 5.74) is -2.15. The van der Waals surface area contributed by atoms with E-state index in [1.807, 2.05) is 0 Å². The highest BCUT2D eigenvalue weighted by atomic mass is 35.5. The zero-order chi connectivity index (χ0) is 18.1. The van der Waals surface area contributed by atoms with Crippen molar-refractivity contribution in [3.8, 4) is 0 Å². The van der Waals surface area contributed by atoms with Gasteiger partial charge in [-0.2, -0.15) is 0 Å². The van der Waals surface area contributed by atoms with E-state index in [0.29, 0.717) is 12.4 Å². The third-order valence-corrected chi connectivity index (χ3v) is 3.88. The number of carbonyl (C=O) groups excluding carboxylic acids is 1. The van der Waals surface area contributed by atoms with Gasteiger partial charge >= 0.3 is 12.1 Å². The van der Waals surface area contributed by atoms with Crippen molar-refractivity contribution in [3.63, 3.8) is 0 Å². The van der Waals surface area contributed by atoms with E-state index in [1.54, 1.807) is 31.7 Å². The third kappa shape index (κ3) is 3.87. The molecule has 0 radical (unpaired) electrons. The smallest absolute Gasteiger partial charge is 0.411 e. The van der Waals surface area contributed by atoms with Crippen LogP contribution in [0.15, 0.2) is 12.3 Å². The van der Waals surface area contributed by atoms with Crippen LogP contribution in [0, 0.1) is 0 Å². The molecule has 0 bridgehead atoms. The third-order valence-electron chi connectivity index (χ3n) is 3.70. The van der Waals surface area contributed by atoms with Crippen LogP contribution in [0.2, 0.25) is 5.28 Å². The largest absolute Gasteiger partial charge is 0.479 e. The van der Waals surface area contributed by atoms with Gasteiger partial charge in [0, 0.05) is 19.3 Å². The second-order valence-corrected chi connectivity index (χ2v) is 7.15. The number of carbonyl (C=O) groups is 2. The molecule has 0 aliphatic carbocycles. The number of ether oxygens (including phenoxy) is 1. The lowest BCUT2D eigenvalue weighted by atomic mass is 9.96. The zero-order valence-corrected chi connectivity index (χ0v) is 14.9. The minimum absolute atomic E-state index is 0.0644. The van der Waals surface area contributed by atoms with Gasteiger partial charge in [0.15, 0.2) is 5.54 Å². The fourth-order valence-electron chi connectivity index (χ4n) is 2.49. The molecule has 2 rings (SSSR count). The van der Waals surface area contributed by atoms with Crippen LogP contribution in [-0.2, 0) is 9.53 Å². The summed E-state index contributed by atoms with van der Waals surface area (Å²) in [7, 11) is 0. The normalized spacial score (nSPS) is 21.5. The summed E-state index contributed by atoms with van der Waals surface area (Å²) in [6.07, 6.45) is 0.857. The number of aromatic nitrogens is 2. The van der Waals surface area contributed by atoms with E-state index >= 15 is 0 Å². The summed E-state index contributed by atoms with van der Waals surface area (Å²) < 4.78 is 5.34. The summed E-state index contributed by atoms with van der Waals surface area (Å²) in [5.74, 6) is -0.593. The molecular formula is C15H21ClN4O4. The van der Waals surface area contributed by atoms with Gasteiger partial charge in [-0.1, -0.05) is 0 Å². The van der Waals surface area contributed by atoms with Crippen LogP contribution in [-0.4, -0.2) is 62.8 Å². The molecule has 1 aromatic heterocycles. The molecule has 2 heterocycles. The first-order valence-corrected chi connectivity index (χ1v) is 7.88. The van der Waals surface area contributed by atoms with Gasteiger partial charge in [0.05, 0.1) is 6.54 Å². The number of halogens is 1. The summed E-state index contributed by atoms with van der Waals surface area (Å²) in [4.78, 5) is 35.2. The van der Waals surface area contributed by atoms with Crippen LogP contribution in [0.1, 0.15) is 27.7 Å². The highest BCUT2D eigenvalue weighted by molar-refractivity contribution is 6.28. The van der Waals surface area contributed by atoms with E-state index in [2.05, 4.69) is 9.97 Å². The minimum atomic E-state index is -1.45. The van der Waals surface area contributed by atoms with E-state index in [0.717, 1.165) is 0 Å². The number of carboxylic acids is 1. The fourth-order valence-corrected chi connectivity index (χ4v) is 2.64. The summed E-state index contributed by atoms with van der Waals surface area (Å²) in [6.45, 7) is 7.38. The van der Waals surface area contributed by atoms with Gasteiger partial charge in [0.25, 0.3) is 0 Å². The molecule has 132 valence electrons. The molecule has 24 heavy (non-hydrogen) atoms. The molecule has 9 heteroatoms. The second kappa shape index (κ2) is 6.43. The van der Waals surface area contributed by atoms with Gasteiger partial charge in [-0.3, -0.25) is 4.90 Å². The van der Waals surface area contributed by atoms with Crippen LogP contribution in [0.3, 0.4) is 0 Å². The van der Waals surface area contributed by atoms with Crippen molar-refractivity contribution in [1.82, 2.24) is 14.9 Å². The highest BCUT2D eigenvalue weighted by Crippen LogP contribution is 2.27. The van der Waals surface area contributed by atoms with Gasteiger partial charge in [-0.15, -0.1) is 0 Å². The van der Waals surface area contributed by atoms with Crippen molar-refractivity contribution in [2.24, 2.45) is 0 Å². The number of anilines is 1. The first kappa shape index (κ1) is 18.3. The average molecular weight is 357 g/mol. The fraction of sp³-hybridized carbons (Fsp3) is 0.600. The lowest BCUT2D eigenvalue weighted by molar-refractivity contribution is -0.150. The van der Waals surface area contributed by atoms with Crippen LogP contribution < -0.4 is 4.90 Å². The molecule has 1 atom stereocenters. The van der Waals surface area contributed by atoms with Gasteiger partial charge in [0.1, 0.15) is 11.4 Å². The first-order valence-electron chi connectivity index (χ1n) is 7.50. The Morgan fingerprint density at radius 2 is 2.04 bits per heavy atom. The molecule has 0 spiro atoms. The van der Waals surface area contributed by atoms with Crippen molar-refractivity contribution in [3.05, 3.63) is 17.5 Å². The van der Waals surface area contributed by atoms with Crippen molar-refractivity contribution in [2.45, 2.75) is 38.8 Å². The monoisotopic (exact) mass is 356 g/mol. The Hall–Kier alpha value is -2.09. The molecule has 1 N–H and O–H groups in total. The van der Waals surface area contributed by atoms with Gasteiger partial charge < -0.3 is 14.7 Å². The highest BCUT2D eigenvalue weighted by Gasteiger charge is 2.48. The number of hydrogen-bond donors (Lipinski definition) is 1. The Morgan fingerprint density at radius 1 is 1.38 bits per heavy atom. The van der Waals surface area contributed by atoms with Crippen LogP contribution in [0.25, 0.3) is 0 Å². The molecule has 8 nitrogen and oxygen atoms in total. The summed E-state index contributed by atoms with van der Waals surface area (Å²) >= 11 is 5.80. The standard InChI is InChI=1S/C15H21ClN4O4/c1-14(2,3)24-13(23)20-8-7-19(9-15(20,4)11(21)22)10-5-6-17-12(16)18-10/h5-6H,7-9H2,1-4H3,(H,21,22). The van der Waals surface area contributed by atoms with E-state index < -0.39 is 23.2 Å². The zero-order valence-electron chi connectivity index (χ0n) is 14.1. The van der Waals surface area contributed by atoms with Crippen LogP contribution >= 0.6 is 11.6 Å². The second-order valence-electron chi connectivity index (χ2n) is 6.82. The Morgan fingerprint density at radius 3 is 2.58 bits per heavy atom. The number of hydrogen-bond acceptors (Lipinski definition) is 6. The van der Waals surface area contributed by atoms with Crippen molar-refractivity contribution in [2.75, 3.05) is 24.5 Å². The van der Waals surface area contributed by atoms with Crippen molar-refractivity contribution < 1.29 is 19.4 Å². The maximum absolute atomic E-state index is 12.4. The molecule has 1 unspecified atom stereocenters. The van der Waals surface area contributed by atoms with E-state index in [4.69, 9.17) is 16.3 Å². The molecule has 1 saturated heterocycles. The quantitative estimate of drug-likeness (QED) is 0.810. The number of aliphatic carboxylic acids is 1. The summed E-state index contributed by atoms with van der Waals surface area (Å²) in [5, 5.41) is 9.78.